The number of ether oxygens (including phenoxy) is 1. The first kappa shape index (κ1) is 27.0. The minimum atomic E-state index is -1.36. The van der Waals surface area contributed by atoms with Crippen molar-refractivity contribution in [1.82, 2.24) is 4.90 Å². The van der Waals surface area contributed by atoms with Crippen LogP contribution in [0.3, 0.4) is 0 Å². The zero-order chi connectivity index (χ0) is 27.8. The SMILES string of the molecule is Cc1c2c(c(C)c([C@H](OC(C)(C)C)C(=O)O)c1NC(=O)c1ccccc1)CN(C(=O)c1cccc(F)c1)C2. The van der Waals surface area contributed by atoms with Crippen molar-refractivity contribution < 1.29 is 28.6 Å². The van der Waals surface area contributed by atoms with Crippen LogP contribution in [0.5, 0.6) is 0 Å². The lowest BCUT2D eigenvalue weighted by Crippen LogP contribution is -2.29. The van der Waals surface area contributed by atoms with E-state index in [1.165, 1.54) is 18.2 Å². The molecule has 7 nitrogen and oxygen atoms in total. The largest absolute Gasteiger partial charge is 0.479 e. The number of carbonyl (C=O) groups excluding carboxylic acids is 2. The second-order valence-electron chi connectivity index (χ2n) is 10.4. The van der Waals surface area contributed by atoms with Gasteiger partial charge in [0.15, 0.2) is 6.10 Å². The fourth-order valence-corrected chi connectivity index (χ4v) is 4.82. The summed E-state index contributed by atoms with van der Waals surface area (Å²) in [5, 5.41) is 13.1. The number of carboxylic acid groups (broad SMARTS) is 1. The van der Waals surface area contributed by atoms with Gasteiger partial charge < -0.3 is 20.1 Å². The number of amides is 2. The number of halogens is 1. The summed E-state index contributed by atoms with van der Waals surface area (Å²) >= 11 is 0. The van der Waals surface area contributed by atoms with Crippen LogP contribution in [0, 0.1) is 19.7 Å². The highest BCUT2D eigenvalue weighted by Gasteiger charge is 2.36. The first-order valence-electron chi connectivity index (χ1n) is 12.3. The van der Waals surface area contributed by atoms with Crippen LogP contribution in [0.25, 0.3) is 0 Å². The Bertz CT molecular complexity index is 1410. The Kier molecular flexibility index (Phi) is 7.37. The van der Waals surface area contributed by atoms with Gasteiger partial charge in [0.05, 0.1) is 11.3 Å². The normalized spacial score (nSPS) is 13.7. The molecule has 3 aromatic carbocycles. The molecule has 0 spiro atoms. The number of carboxylic acids is 1. The Balaban J connectivity index is 1.83. The summed E-state index contributed by atoms with van der Waals surface area (Å²) in [7, 11) is 0. The third-order valence-corrected chi connectivity index (χ3v) is 6.61. The summed E-state index contributed by atoms with van der Waals surface area (Å²) in [4.78, 5) is 40.5. The lowest BCUT2D eigenvalue weighted by molar-refractivity contribution is -0.160. The standard InChI is InChI=1S/C30H31FN2O5/c1-17-22-15-33(28(35)20-12-9-13-21(31)14-20)16-23(22)18(2)25(32-27(34)19-10-7-6-8-11-19)24(17)26(29(36)37)38-30(3,4)5/h6-14,26H,15-16H2,1-5H3,(H,32,34)(H,36,37)/t26-/m0/s1. The second kappa shape index (κ2) is 10.4. The van der Waals surface area contributed by atoms with E-state index in [9.17, 15) is 23.9 Å². The van der Waals surface area contributed by atoms with E-state index in [1.807, 2.05) is 0 Å². The number of hydrogen-bond acceptors (Lipinski definition) is 4. The molecule has 2 amide bonds. The molecule has 0 radical (unpaired) electrons. The number of fused-ring (bicyclic) bond motifs is 1. The van der Waals surface area contributed by atoms with Crippen molar-refractivity contribution in [2.75, 3.05) is 5.32 Å². The molecular weight excluding hydrogens is 487 g/mol. The number of carbonyl (C=O) groups is 3. The van der Waals surface area contributed by atoms with Crippen molar-refractivity contribution in [2.45, 2.75) is 59.4 Å². The van der Waals surface area contributed by atoms with Crippen LogP contribution in [0.2, 0.25) is 0 Å². The molecule has 1 heterocycles. The number of aliphatic carboxylic acids is 1. The number of nitrogens with zero attached hydrogens (tertiary/aromatic N) is 1. The van der Waals surface area contributed by atoms with Gasteiger partial charge in [-0.2, -0.15) is 0 Å². The van der Waals surface area contributed by atoms with Crippen LogP contribution in [-0.4, -0.2) is 33.4 Å². The third kappa shape index (κ3) is 5.45. The highest BCUT2D eigenvalue weighted by molar-refractivity contribution is 6.06. The number of benzene rings is 3. The van der Waals surface area contributed by atoms with Crippen LogP contribution in [0.4, 0.5) is 10.1 Å². The lowest BCUT2D eigenvalue weighted by atomic mass is 9.89. The van der Waals surface area contributed by atoms with Crippen LogP contribution in [0.15, 0.2) is 54.6 Å². The first-order chi connectivity index (χ1) is 17.9. The van der Waals surface area contributed by atoms with Gasteiger partial charge in [0.1, 0.15) is 5.82 Å². The molecule has 0 aliphatic carbocycles. The van der Waals surface area contributed by atoms with E-state index >= 15 is 0 Å². The molecule has 3 aromatic rings. The molecule has 0 saturated carbocycles. The summed E-state index contributed by atoms with van der Waals surface area (Å²) in [5.74, 6) is -2.42. The lowest BCUT2D eigenvalue weighted by Gasteiger charge is -2.29. The van der Waals surface area contributed by atoms with Gasteiger partial charge in [-0.15, -0.1) is 0 Å². The molecule has 1 aliphatic heterocycles. The minimum Gasteiger partial charge on any atom is -0.479 e. The van der Waals surface area contributed by atoms with Crippen molar-refractivity contribution in [2.24, 2.45) is 0 Å². The summed E-state index contributed by atoms with van der Waals surface area (Å²) in [6.45, 7) is 9.33. The van der Waals surface area contributed by atoms with Gasteiger partial charge in [0.2, 0.25) is 0 Å². The minimum absolute atomic E-state index is 0.221. The van der Waals surface area contributed by atoms with Gasteiger partial charge in [0, 0.05) is 29.8 Å². The molecule has 0 aromatic heterocycles. The molecule has 0 bridgehead atoms. The predicted octanol–water partition coefficient (Wildman–Crippen LogP) is 5.79. The van der Waals surface area contributed by atoms with E-state index in [0.29, 0.717) is 27.9 Å². The van der Waals surface area contributed by atoms with Gasteiger partial charge >= 0.3 is 5.97 Å². The van der Waals surface area contributed by atoms with Crippen molar-refractivity contribution in [3.63, 3.8) is 0 Å². The zero-order valence-electron chi connectivity index (χ0n) is 22.1. The Morgan fingerprint density at radius 3 is 2.13 bits per heavy atom. The third-order valence-electron chi connectivity index (χ3n) is 6.61. The zero-order valence-corrected chi connectivity index (χ0v) is 22.1. The average molecular weight is 519 g/mol. The van der Waals surface area contributed by atoms with E-state index < -0.39 is 23.5 Å². The first-order valence-corrected chi connectivity index (χ1v) is 12.3. The summed E-state index contributed by atoms with van der Waals surface area (Å²) in [5.41, 5.74) is 3.45. The molecule has 0 unspecified atom stereocenters. The highest BCUT2D eigenvalue weighted by atomic mass is 19.1. The van der Waals surface area contributed by atoms with E-state index in [0.717, 1.165) is 11.1 Å². The van der Waals surface area contributed by atoms with E-state index in [-0.39, 0.29) is 30.5 Å². The summed E-state index contributed by atoms with van der Waals surface area (Å²) < 4.78 is 19.8. The van der Waals surface area contributed by atoms with Gasteiger partial charge in [0.25, 0.3) is 11.8 Å². The monoisotopic (exact) mass is 518 g/mol. The highest BCUT2D eigenvalue weighted by Crippen LogP contribution is 2.42. The Morgan fingerprint density at radius 1 is 0.947 bits per heavy atom. The predicted molar refractivity (Wildman–Crippen MR) is 142 cm³/mol. The smallest absolute Gasteiger partial charge is 0.337 e. The molecule has 1 aliphatic rings. The van der Waals surface area contributed by atoms with Crippen molar-refractivity contribution in [3.05, 3.63) is 99.4 Å². The van der Waals surface area contributed by atoms with Crippen LogP contribution >= 0.6 is 0 Å². The van der Waals surface area contributed by atoms with Crippen LogP contribution in [-0.2, 0) is 22.6 Å². The molecule has 0 fully saturated rings. The van der Waals surface area contributed by atoms with Gasteiger partial charge in [-0.3, -0.25) is 9.59 Å². The topological polar surface area (TPSA) is 95.9 Å². The fourth-order valence-electron chi connectivity index (χ4n) is 4.82. The summed E-state index contributed by atoms with van der Waals surface area (Å²) in [6.07, 6.45) is -1.36. The van der Waals surface area contributed by atoms with Crippen molar-refractivity contribution in [1.29, 1.82) is 0 Å². The maximum Gasteiger partial charge on any atom is 0.337 e. The number of anilines is 1. The quantitative estimate of drug-likeness (QED) is 0.431. The molecular formula is C30H31FN2O5. The van der Waals surface area contributed by atoms with E-state index in [4.69, 9.17) is 4.74 Å². The maximum atomic E-state index is 13.8. The number of hydrogen-bond donors (Lipinski definition) is 2. The summed E-state index contributed by atoms with van der Waals surface area (Å²) in [6, 6.07) is 14.1. The molecule has 0 saturated heterocycles. The van der Waals surface area contributed by atoms with Gasteiger partial charge in [-0.1, -0.05) is 24.3 Å². The Morgan fingerprint density at radius 2 is 1.55 bits per heavy atom. The van der Waals surface area contributed by atoms with Gasteiger partial charge in [-0.05, 0) is 87.2 Å². The Hall–Kier alpha value is -4.04. The van der Waals surface area contributed by atoms with E-state index in [1.54, 1.807) is 75.9 Å². The molecule has 4 rings (SSSR count). The Labute approximate surface area is 221 Å². The molecule has 2 N–H and O–H groups in total. The molecule has 198 valence electrons. The molecule has 8 heteroatoms. The molecule has 1 atom stereocenters. The van der Waals surface area contributed by atoms with Gasteiger partial charge in [-0.25, -0.2) is 9.18 Å². The average Bonchev–Trinajstić information content (AvgIpc) is 3.32. The fraction of sp³-hybridized carbons (Fsp3) is 0.300. The molecule has 38 heavy (non-hydrogen) atoms. The second-order valence-corrected chi connectivity index (χ2v) is 10.4. The van der Waals surface area contributed by atoms with Crippen molar-refractivity contribution >= 4 is 23.5 Å². The van der Waals surface area contributed by atoms with Crippen molar-refractivity contribution in [3.8, 4) is 0 Å². The number of nitrogens with one attached hydrogen (secondary N) is 1. The van der Waals surface area contributed by atoms with E-state index in [2.05, 4.69) is 5.32 Å². The maximum absolute atomic E-state index is 13.8. The number of rotatable bonds is 6. The van der Waals surface area contributed by atoms with Crippen LogP contribution < -0.4 is 5.32 Å². The van der Waals surface area contributed by atoms with Crippen LogP contribution in [0.1, 0.15) is 75.4 Å².